The van der Waals surface area contributed by atoms with Crippen LogP contribution < -0.4 is 0 Å². The van der Waals surface area contributed by atoms with E-state index in [9.17, 15) is 9.90 Å². The summed E-state index contributed by atoms with van der Waals surface area (Å²) in [5.74, 6) is -0.447. The van der Waals surface area contributed by atoms with Crippen LogP contribution >= 0.6 is 0 Å². The van der Waals surface area contributed by atoms with Crippen LogP contribution in [0.25, 0.3) is 0 Å². The van der Waals surface area contributed by atoms with Crippen LogP contribution in [0.4, 0.5) is 0 Å². The third-order valence-electron chi connectivity index (χ3n) is 2.37. The Balaban J connectivity index is 2.15. The van der Waals surface area contributed by atoms with E-state index in [0.29, 0.717) is 11.1 Å². The van der Waals surface area contributed by atoms with Gasteiger partial charge in [-0.3, -0.25) is 0 Å². The summed E-state index contributed by atoms with van der Waals surface area (Å²) in [6.45, 7) is 0. The van der Waals surface area contributed by atoms with Gasteiger partial charge in [0, 0.05) is 6.08 Å². The lowest BCUT2D eigenvalue weighted by Crippen LogP contribution is -2.18. The molecule has 0 unspecified atom stereocenters. The SMILES string of the molecule is N#Cc1ccc([C@H](O)[C@@H]2C=CC(=O)O2)cc1. The second-order valence-electron chi connectivity index (χ2n) is 3.44. The maximum atomic E-state index is 10.8. The van der Waals surface area contributed by atoms with E-state index >= 15 is 0 Å². The molecule has 0 aromatic heterocycles. The van der Waals surface area contributed by atoms with Gasteiger partial charge in [-0.05, 0) is 23.8 Å². The van der Waals surface area contributed by atoms with Gasteiger partial charge in [0.25, 0.3) is 0 Å². The minimum Gasteiger partial charge on any atom is -0.452 e. The number of aliphatic hydroxyl groups is 1. The van der Waals surface area contributed by atoms with Gasteiger partial charge in [-0.1, -0.05) is 12.1 Å². The van der Waals surface area contributed by atoms with Gasteiger partial charge in [0.2, 0.25) is 0 Å². The van der Waals surface area contributed by atoms with E-state index in [0.717, 1.165) is 0 Å². The molecule has 0 bridgehead atoms. The Morgan fingerprint density at radius 3 is 2.56 bits per heavy atom. The van der Waals surface area contributed by atoms with Crippen molar-refractivity contribution in [2.45, 2.75) is 12.2 Å². The van der Waals surface area contributed by atoms with E-state index in [1.807, 2.05) is 6.07 Å². The van der Waals surface area contributed by atoms with Crippen molar-refractivity contribution in [3.8, 4) is 6.07 Å². The lowest BCUT2D eigenvalue weighted by Gasteiger charge is -2.16. The van der Waals surface area contributed by atoms with Crippen molar-refractivity contribution in [2.24, 2.45) is 0 Å². The quantitative estimate of drug-likeness (QED) is 0.749. The Bertz CT molecular complexity index is 470. The number of nitrogens with zero attached hydrogens (tertiary/aromatic N) is 1. The van der Waals surface area contributed by atoms with E-state index in [1.54, 1.807) is 24.3 Å². The Morgan fingerprint density at radius 1 is 1.38 bits per heavy atom. The second kappa shape index (κ2) is 4.17. The van der Waals surface area contributed by atoms with E-state index in [2.05, 4.69) is 0 Å². The molecule has 0 aliphatic carbocycles. The molecule has 2 atom stereocenters. The summed E-state index contributed by atoms with van der Waals surface area (Å²) in [4.78, 5) is 10.8. The topological polar surface area (TPSA) is 70.3 Å². The van der Waals surface area contributed by atoms with Gasteiger partial charge in [-0.2, -0.15) is 5.26 Å². The molecule has 1 N–H and O–H groups in total. The molecule has 2 rings (SSSR count). The number of hydrogen-bond acceptors (Lipinski definition) is 4. The van der Waals surface area contributed by atoms with E-state index in [-0.39, 0.29) is 0 Å². The highest BCUT2D eigenvalue weighted by molar-refractivity contribution is 5.84. The zero-order valence-corrected chi connectivity index (χ0v) is 8.33. The summed E-state index contributed by atoms with van der Waals surface area (Å²) >= 11 is 0. The highest BCUT2D eigenvalue weighted by Gasteiger charge is 2.25. The van der Waals surface area contributed by atoms with Crippen molar-refractivity contribution >= 4 is 5.97 Å². The molecule has 4 heteroatoms. The number of aliphatic hydroxyl groups excluding tert-OH is 1. The predicted octanol–water partition coefficient (Wildman–Crippen LogP) is 1.07. The van der Waals surface area contributed by atoms with E-state index in [4.69, 9.17) is 10.00 Å². The molecule has 0 radical (unpaired) electrons. The minimum atomic E-state index is -0.893. The molecule has 16 heavy (non-hydrogen) atoms. The average molecular weight is 215 g/mol. The van der Waals surface area contributed by atoms with Crippen molar-refractivity contribution in [1.82, 2.24) is 0 Å². The summed E-state index contributed by atoms with van der Waals surface area (Å²) in [6.07, 6.45) is 1.28. The predicted molar refractivity (Wildman–Crippen MR) is 55.1 cm³/mol. The lowest BCUT2D eigenvalue weighted by molar-refractivity contribution is -0.142. The maximum Gasteiger partial charge on any atom is 0.331 e. The van der Waals surface area contributed by atoms with Gasteiger partial charge in [-0.25, -0.2) is 4.79 Å². The van der Waals surface area contributed by atoms with Crippen LogP contribution in [0.15, 0.2) is 36.4 Å². The fourth-order valence-electron chi connectivity index (χ4n) is 1.50. The number of cyclic esters (lactones) is 1. The monoisotopic (exact) mass is 215 g/mol. The zero-order chi connectivity index (χ0) is 11.5. The molecule has 80 valence electrons. The first kappa shape index (κ1) is 10.4. The molecular weight excluding hydrogens is 206 g/mol. The van der Waals surface area contributed by atoms with Crippen LogP contribution in [0, 0.1) is 11.3 Å². The number of ether oxygens (including phenoxy) is 1. The minimum absolute atomic E-state index is 0.447. The first-order valence-electron chi connectivity index (χ1n) is 4.77. The molecule has 0 fully saturated rings. The highest BCUT2D eigenvalue weighted by Crippen LogP contribution is 2.23. The molecule has 0 amide bonds. The fourth-order valence-corrected chi connectivity index (χ4v) is 1.50. The van der Waals surface area contributed by atoms with Gasteiger partial charge in [-0.15, -0.1) is 0 Å². The third-order valence-corrected chi connectivity index (χ3v) is 2.37. The maximum absolute atomic E-state index is 10.8. The van der Waals surface area contributed by atoms with Crippen LogP contribution in [-0.4, -0.2) is 17.2 Å². The summed E-state index contributed by atoms with van der Waals surface area (Å²) in [5, 5.41) is 18.5. The molecule has 1 heterocycles. The smallest absolute Gasteiger partial charge is 0.331 e. The van der Waals surface area contributed by atoms with Crippen LogP contribution in [0.5, 0.6) is 0 Å². The molecular formula is C12H9NO3. The van der Waals surface area contributed by atoms with Gasteiger partial charge >= 0.3 is 5.97 Å². The van der Waals surface area contributed by atoms with Crippen LogP contribution in [0.3, 0.4) is 0 Å². The van der Waals surface area contributed by atoms with Gasteiger partial charge in [0.05, 0.1) is 11.6 Å². The molecule has 4 nitrogen and oxygen atoms in total. The van der Waals surface area contributed by atoms with Crippen LogP contribution in [0.1, 0.15) is 17.2 Å². The Morgan fingerprint density at radius 2 is 2.06 bits per heavy atom. The van der Waals surface area contributed by atoms with Gasteiger partial charge in [0.15, 0.2) is 6.10 Å². The number of hydrogen-bond donors (Lipinski definition) is 1. The normalized spacial score (nSPS) is 20.2. The zero-order valence-electron chi connectivity index (χ0n) is 8.33. The van der Waals surface area contributed by atoms with Crippen molar-refractivity contribution in [2.75, 3.05) is 0 Å². The Kier molecular flexibility index (Phi) is 2.71. The molecule has 1 aliphatic heterocycles. The number of carbonyl (C=O) groups excluding carboxylic acids is 1. The summed E-state index contributed by atoms with van der Waals surface area (Å²) in [7, 11) is 0. The molecule has 1 aliphatic rings. The average Bonchev–Trinajstić information content (AvgIpc) is 2.75. The van der Waals surface area contributed by atoms with Gasteiger partial charge < -0.3 is 9.84 Å². The Labute approximate surface area is 92.4 Å². The number of nitriles is 1. The van der Waals surface area contributed by atoms with Crippen molar-refractivity contribution in [1.29, 1.82) is 5.26 Å². The molecule has 0 spiro atoms. The summed E-state index contributed by atoms with van der Waals surface area (Å²) in [5.41, 5.74) is 1.14. The highest BCUT2D eigenvalue weighted by atomic mass is 16.6. The number of esters is 1. The molecule has 0 saturated heterocycles. The Hall–Kier alpha value is -2.12. The molecule has 1 aromatic carbocycles. The second-order valence-corrected chi connectivity index (χ2v) is 3.44. The molecule has 0 saturated carbocycles. The standard InChI is InChI=1S/C12H9NO3/c13-7-8-1-3-9(4-2-8)12(15)10-5-6-11(14)16-10/h1-6,10,12,15H/t10-,12-/m0/s1. The van der Waals surface area contributed by atoms with E-state index in [1.165, 1.54) is 12.2 Å². The first-order valence-corrected chi connectivity index (χ1v) is 4.77. The van der Waals surface area contributed by atoms with Gasteiger partial charge in [0.1, 0.15) is 6.10 Å². The molecule has 1 aromatic rings. The lowest BCUT2D eigenvalue weighted by atomic mass is 10.0. The van der Waals surface area contributed by atoms with Crippen LogP contribution in [-0.2, 0) is 9.53 Å². The van der Waals surface area contributed by atoms with Crippen molar-refractivity contribution in [3.05, 3.63) is 47.5 Å². The number of carbonyl (C=O) groups is 1. The fraction of sp³-hybridized carbons (Fsp3) is 0.167. The first-order chi connectivity index (χ1) is 7.70. The third kappa shape index (κ3) is 1.95. The summed E-state index contributed by atoms with van der Waals surface area (Å²) in [6, 6.07) is 8.49. The largest absolute Gasteiger partial charge is 0.452 e. The van der Waals surface area contributed by atoms with Crippen LogP contribution in [0.2, 0.25) is 0 Å². The number of rotatable bonds is 2. The summed E-state index contributed by atoms with van der Waals surface area (Å²) < 4.78 is 4.87. The number of benzene rings is 1. The van der Waals surface area contributed by atoms with Crippen molar-refractivity contribution < 1.29 is 14.6 Å². The van der Waals surface area contributed by atoms with E-state index < -0.39 is 18.2 Å². The van der Waals surface area contributed by atoms with Crippen molar-refractivity contribution in [3.63, 3.8) is 0 Å².